The molecule has 96 valence electrons. The molecule has 0 radical (unpaired) electrons. The molecule has 0 saturated heterocycles. The second-order valence-electron chi connectivity index (χ2n) is 3.05. The van der Waals surface area contributed by atoms with Crippen LogP contribution in [0.4, 0.5) is 18.0 Å². The largest absolute Gasteiger partial charge is 0.405 e. The van der Waals surface area contributed by atoms with E-state index in [-0.39, 0.29) is 6.54 Å². The molecule has 16 heavy (non-hydrogen) atoms. The number of hydrogen-bond acceptors (Lipinski definition) is 2. The molecule has 7 heteroatoms. The van der Waals surface area contributed by atoms with Gasteiger partial charge in [0.25, 0.3) is 0 Å². The molecule has 2 amide bonds. The van der Waals surface area contributed by atoms with Crippen molar-refractivity contribution in [2.45, 2.75) is 20.0 Å². The third kappa shape index (κ3) is 7.33. The fraction of sp³-hybridized carbons (Fsp3) is 0.889. The maximum absolute atomic E-state index is 11.8. The monoisotopic (exact) mass is 242 g/mol. The van der Waals surface area contributed by atoms with Crippen molar-refractivity contribution in [2.24, 2.45) is 0 Å². The molecule has 0 aromatic heterocycles. The van der Waals surface area contributed by atoms with Crippen LogP contribution in [-0.4, -0.2) is 50.0 Å². The number of halogens is 3. The highest BCUT2D eigenvalue weighted by Gasteiger charge is 2.28. The van der Waals surface area contributed by atoms with Crippen LogP contribution in [0.25, 0.3) is 0 Å². The van der Waals surface area contributed by atoms with E-state index in [1.807, 2.05) is 0 Å². The summed E-state index contributed by atoms with van der Waals surface area (Å²) in [6.45, 7) is 3.66. The molecule has 4 nitrogen and oxygen atoms in total. The van der Waals surface area contributed by atoms with E-state index < -0.39 is 18.8 Å². The highest BCUT2D eigenvalue weighted by atomic mass is 19.4. The van der Waals surface area contributed by atoms with Crippen LogP contribution in [0, 0.1) is 0 Å². The Hall–Kier alpha value is -0.980. The Balaban J connectivity index is 3.91. The van der Waals surface area contributed by atoms with Gasteiger partial charge >= 0.3 is 12.2 Å². The lowest BCUT2D eigenvalue weighted by molar-refractivity contribution is -0.123. The van der Waals surface area contributed by atoms with E-state index in [0.717, 1.165) is 0 Å². The van der Waals surface area contributed by atoms with Crippen LogP contribution >= 0.6 is 0 Å². The van der Waals surface area contributed by atoms with E-state index >= 15 is 0 Å². The van der Waals surface area contributed by atoms with E-state index in [1.54, 1.807) is 19.2 Å². The third-order valence-corrected chi connectivity index (χ3v) is 1.82. The van der Waals surface area contributed by atoms with Crippen molar-refractivity contribution in [1.29, 1.82) is 0 Å². The molecule has 0 aliphatic carbocycles. The van der Waals surface area contributed by atoms with E-state index in [0.29, 0.717) is 19.8 Å². The summed E-state index contributed by atoms with van der Waals surface area (Å²) in [4.78, 5) is 12.5. The minimum atomic E-state index is -4.38. The van der Waals surface area contributed by atoms with Gasteiger partial charge in [0.05, 0.1) is 6.61 Å². The van der Waals surface area contributed by atoms with Crippen LogP contribution in [0.15, 0.2) is 0 Å². The van der Waals surface area contributed by atoms with E-state index in [9.17, 15) is 18.0 Å². The molecule has 0 fully saturated rings. The molecular weight excluding hydrogens is 225 g/mol. The van der Waals surface area contributed by atoms with Crippen LogP contribution in [0.1, 0.15) is 13.8 Å². The zero-order valence-electron chi connectivity index (χ0n) is 9.43. The number of alkyl halides is 3. The number of urea groups is 1. The number of rotatable bonds is 6. The zero-order chi connectivity index (χ0) is 12.6. The number of ether oxygens (including phenoxy) is 1. The molecule has 0 atom stereocenters. The summed E-state index contributed by atoms with van der Waals surface area (Å²) < 4.78 is 40.5. The first kappa shape index (κ1) is 15.0. The van der Waals surface area contributed by atoms with Crippen LogP contribution < -0.4 is 5.32 Å². The molecule has 0 aromatic rings. The van der Waals surface area contributed by atoms with Gasteiger partial charge in [0.1, 0.15) is 6.54 Å². The highest BCUT2D eigenvalue weighted by molar-refractivity contribution is 5.74. The summed E-state index contributed by atoms with van der Waals surface area (Å²) in [6, 6.07) is -0.723. The fourth-order valence-corrected chi connectivity index (χ4v) is 1.01. The normalized spacial score (nSPS) is 11.3. The second kappa shape index (κ2) is 7.32. The standard InChI is InChI=1S/C9H17F3N2O2/c1-3-14(5-6-16-4-2)8(15)13-7-9(10,11)12/h3-7H2,1-2H3,(H,13,15). The van der Waals surface area contributed by atoms with Crippen molar-refractivity contribution in [1.82, 2.24) is 10.2 Å². The third-order valence-electron chi connectivity index (χ3n) is 1.82. The smallest absolute Gasteiger partial charge is 0.380 e. The van der Waals surface area contributed by atoms with Gasteiger partial charge in [-0.25, -0.2) is 4.79 Å². The lowest BCUT2D eigenvalue weighted by Gasteiger charge is -2.21. The summed E-state index contributed by atoms with van der Waals surface area (Å²) >= 11 is 0. The van der Waals surface area contributed by atoms with Gasteiger partial charge in [-0.3, -0.25) is 0 Å². The lowest BCUT2D eigenvalue weighted by atomic mass is 10.5. The highest BCUT2D eigenvalue weighted by Crippen LogP contribution is 2.12. The number of likely N-dealkylation sites (N-methyl/N-ethyl adjacent to an activating group) is 1. The second-order valence-corrected chi connectivity index (χ2v) is 3.05. The Kier molecular flexibility index (Phi) is 6.87. The van der Waals surface area contributed by atoms with Crippen LogP contribution in [-0.2, 0) is 4.74 Å². The maximum atomic E-state index is 11.8. The molecule has 0 aromatic carbocycles. The SMILES string of the molecule is CCOCCN(CC)C(=O)NCC(F)(F)F. The average molecular weight is 242 g/mol. The molecular formula is C9H17F3N2O2. The Morgan fingerprint density at radius 3 is 2.44 bits per heavy atom. The molecule has 0 heterocycles. The fourth-order valence-electron chi connectivity index (χ4n) is 1.01. The molecule has 1 N–H and O–H groups in total. The van der Waals surface area contributed by atoms with Crippen molar-refractivity contribution in [3.05, 3.63) is 0 Å². The first-order valence-electron chi connectivity index (χ1n) is 5.08. The summed E-state index contributed by atoms with van der Waals surface area (Å²) in [6.07, 6.45) is -4.38. The van der Waals surface area contributed by atoms with Crippen molar-refractivity contribution in [3.63, 3.8) is 0 Å². The Morgan fingerprint density at radius 2 is 2.00 bits per heavy atom. The maximum Gasteiger partial charge on any atom is 0.405 e. The summed E-state index contributed by atoms with van der Waals surface area (Å²) in [5.74, 6) is 0. The molecule has 0 aliphatic rings. The minimum Gasteiger partial charge on any atom is -0.380 e. The van der Waals surface area contributed by atoms with Gasteiger partial charge in [0.15, 0.2) is 0 Å². The van der Waals surface area contributed by atoms with Crippen LogP contribution in [0.5, 0.6) is 0 Å². The summed E-state index contributed by atoms with van der Waals surface area (Å²) in [7, 11) is 0. The van der Waals surface area contributed by atoms with Gasteiger partial charge in [-0.2, -0.15) is 13.2 Å². The van der Waals surface area contributed by atoms with Crippen molar-refractivity contribution >= 4 is 6.03 Å². The van der Waals surface area contributed by atoms with Crippen LogP contribution in [0.2, 0.25) is 0 Å². The van der Waals surface area contributed by atoms with E-state index in [1.165, 1.54) is 4.90 Å². The van der Waals surface area contributed by atoms with E-state index in [4.69, 9.17) is 4.74 Å². The number of hydrogen-bond donors (Lipinski definition) is 1. The van der Waals surface area contributed by atoms with Gasteiger partial charge in [0, 0.05) is 19.7 Å². The van der Waals surface area contributed by atoms with Gasteiger partial charge in [-0.15, -0.1) is 0 Å². The topological polar surface area (TPSA) is 41.6 Å². The molecule has 0 bridgehead atoms. The van der Waals surface area contributed by atoms with Crippen molar-refractivity contribution in [2.75, 3.05) is 32.8 Å². The Bertz CT molecular complexity index is 209. The predicted molar refractivity (Wildman–Crippen MR) is 53.2 cm³/mol. The Labute approximate surface area is 92.7 Å². The van der Waals surface area contributed by atoms with Gasteiger partial charge in [-0.05, 0) is 13.8 Å². The predicted octanol–water partition coefficient (Wildman–Crippen LogP) is 1.62. The molecule has 0 saturated carbocycles. The van der Waals surface area contributed by atoms with Crippen molar-refractivity contribution in [3.8, 4) is 0 Å². The zero-order valence-corrected chi connectivity index (χ0v) is 9.43. The molecule has 0 unspecified atom stereocenters. The molecule has 0 spiro atoms. The van der Waals surface area contributed by atoms with Crippen LogP contribution in [0.3, 0.4) is 0 Å². The number of carbonyl (C=O) groups excluding carboxylic acids is 1. The molecule has 0 rings (SSSR count). The summed E-state index contributed by atoms with van der Waals surface area (Å²) in [5.41, 5.74) is 0. The number of carbonyl (C=O) groups is 1. The van der Waals surface area contributed by atoms with E-state index in [2.05, 4.69) is 0 Å². The number of nitrogens with one attached hydrogen (secondary N) is 1. The van der Waals surface area contributed by atoms with Gasteiger partial charge in [-0.1, -0.05) is 0 Å². The summed E-state index contributed by atoms with van der Waals surface area (Å²) in [5, 5.41) is 1.81. The minimum absolute atomic E-state index is 0.286. The molecule has 0 aliphatic heterocycles. The first-order chi connectivity index (χ1) is 7.40. The lowest BCUT2D eigenvalue weighted by Crippen LogP contribution is -2.44. The average Bonchev–Trinajstić information content (AvgIpc) is 2.20. The van der Waals surface area contributed by atoms with Gasteiger partial charge in [0.2, 0.25) is 0 Å². The quantitative estimate of drug-likeness (QED) is 0.719. The van der Waals surface area contributed by atoms with Crippen molar-refractivity contribution < 1.29 is 22.7 Å². The number of nitrogens with zero attached hydrogens (tertiary/aromatic N) is 1. The first-order valence-corrected chi connectivity index (χ1v) is 5.08. The Morgan fingerprint density at radius 1 is 1.38 bits per heavy atom. The van der Waals surface area contributed by atoms with Gasteiger partial charge < -0.3 is 15.0 Å². The number of amides is 2.